The molecule has 0 spiro atoms. The Labute approximate surface area is 82.8 Å². The van der Waals surface area contributed by atoms with Gasteiger partial charge in [0.2, 0.25) is 0 Å². The predicted octanol–water partition coefficient (Wildman–Crippen LogP) is 1.90. The molecule has 0 saturated carbocycles. The zero-order valence-corrected chi connectivity index (χ0v) is 8.39. The van der Waals surface area contributed by atoms with Crippen LogP contribution in [0.1, 0.15) is 11.3 Å². The molecule has 74 valence electrons. The van der Waals surface area contributed by atoms with Gasteiger partial charge in [-0.1, -0.05) is 0 Å². The number of aromatic hydroxyl groups is 1. The standard InChI is InChI=1S/C11H14N2O/c1-7-9-5-8(14)3-4-10(9)13-11(7)6-12-2/h3-5,12-14H,6H2,1-2H3. The van der Waals surface area contributed by atoms with Gasteiger partial charge >= 0.3 is 0 Å². The number of benzene rings is 1. The van der Waals surface area contributed by atoms with E-state index in [1.807, 2.05) is 13.1 Å². The SMILES string of the molecule is CNCc1[nH]c2ccc(O)cc2c1C. The van der Waals surface area contributed by atoms with Gasteiger partial charge in [-0.2, -0.15) is 0 Å². The van der Waals surface area contributed by atoms with Crippen LogP contribution in [0.4, 0.5) is 0 Å². The van der Waals surface area contributed by atoms with Crippen LogP contribution in [0.25, 0.3) is 10.9 Å². The Morgan fingerprint density at radius 1 is 1.43 bits per heavy atom. The lowest BCUT2D eigenvalue weighted by Gasteiger charge is -1.96. The molecule has 0 aliphatic rings. The van der Waals surface area contributed by atoms with Gasteiger partial charge in [0.05, 0.1) is 0 Å². The Balaban J connectivity index is 2.62. The zero-order valence-electron chi connectivity index (χ0n) is 8.39. The fourth-order valence-corrected chi connectivity index (χ4v) is 1.72. The third-order valence-electron chi connectivity index (χ3n) is 2.50. The lowest BCUT2D eigenvalue weighted by Crippen LogP contribution is -2.06. The summed E-state index contributed by atoms with van der Waals surface area (Å²) in [6.07, 6.45) is 0. The Morgan fingerprint density at radius 3 is 2.93 bits per heavy atom. The Kier molecular flexibility index (Phi) is 2.17. The largest absolute Gasteiger partial charge is 0.508 e. The summed E-state index contributed by atoms with van der Waals surface area (Å²) in [5.74, 6) is 0.315. The van der Waals surface area contributed by atoms with Crippen molar-refractivity contribution in [3.05, 3.63) is 29.5 Å². The average molecular weight is 190 g/mol. The van der Waals surface area contributed by atoms with Gasteiger partial charge in [-0.3, -0.25) is 0 Å². The molecule has 1 heterocycles. The van der Waals surface area contributed by atoms with E-state index >= 15 is 0 Å². The number of aryl methyl sites for hydroxylation is 1. The predicted molar refractivity (Wildman–Crippen MR) is 57.5 cm³/mol. The lowest BCUT2D eigenvalue weighted by molar-refractivity contribution is 0.476. The molecule has 2 aromatic rings. The highest BCUT2D eigenvalue weighted by Gasteiger charge is 2.06. The number of aromatic nitrogens is 1. The van der Waals surface area contributed by atoms with E-state index in [1.165, 1.54) is 11.3 Å². The topological polar surface area (TPSA) is 48.0 Å². The molecule has 3 heteroatoms. The van der Waals surface area contributed by atoms with Crippen molar-refractivity contribution in [2.45, 2.75) is 13.5 Å². The molecular weight excluding hydrogens is 176 g/mol. The van der Waals surface area contributed by atoms with Crippen LogP contribution >= 0.6 is 0 Å². The number of H-pyrrole nitrogens is 1. The van der Waals surface area contributed by atoms with Crippen LogP contribution in [-0.2, 0) is 6.54 Å². The summed E-state index contributed by atoms with van der Waals surface area (Å²) in [5.41, 5.74) is 3.45. The molecule has 0 saturated heterocycles. The van der Waals surface area contributed by atoms with E-state index in [-0.39, 0.29) is 0 Å². The highest BCUT2D eigenvalue weighted by molar-refractivity contribution is 5.85. The molecule has 0 fully saturated rings. The van der Waals surface area contributed by atoms with Gasteiger partial charge in [-0.25, -0.2) is 0 Å². The smallest absolute Gasteiger partial charge is 0.116 e. The monoisotopic (exact) mass is 190 g/mol. The first-order valence-electron chi connectivity index (χ1n) is 4.67. The van der Waals surface area contributed by atoms with Crippen LogP contribution < -0.4 is 5.32 Å². The van der Waals surface area contributed by atoms with Crippen LogP contribution in [0.3, 0.4) is 0 Å². The first-order chi connectivity index (χ1) is 6.72. The van der Waals surface area contributed by atoms with Crippen molar-refractivity contribution in [3.8, 4) is 5.75 Å². The second kappa shape index (κ2) is 3.35. The van der Waals surface area contributed by atoms with Crippen LogP contribution in [0, 0.1) is 6.92 Å². The minimum absolute atomic E-state index is 0.315. The number of hydrogen-bond acceptors (Lipinski definition) is 2. The summed E-state index contributed by atoms with van der Waals surface area (Å²) < 4.78 is 0. The van der Waals surface area contributed by atoms with E-state index in [9.17, 15) is 5.11 Å². The number of phenols is 1. The molecule has 1 aromatic carbocycles. The van der Waals surface area contributed by atoms with E-state index in [4.69, 9.17) is 0 Å². The molecule has 1 aromatic heterocycles. The summed E-state index contributed by atoms with van der Waals surface area (Å²) >= 11 is 0. The van der Waals surface area contributed by atoms with Crippen molar-refractivity contribution in [2.24, 2.45) is 0 Å². The summed E-state index contributed by atoms with van der Waals surface area (Å²) in [7, 11) is 1.92. The van der Waals surface area contributed by atoms with Gasteiger partial charge in [0.1, 0.15) is 5.75 Å². The van der Waals surface area contributed by atoms with Gasteiger partial charge in [0, 0.05) is 23.1 Å². The summed E-state index contributed by atoms with van der Waals surface area (Å²) in [6.45, 7) is 2.88. The maximum absolute atomic E-state index is 9.36. The van der Waals surface area contributed by atoms with Crippen molar-refractivity contribution in [3.63, 3.8) is 0 Å². The van der Waals surface area contributed by atoms with Crippen LogP contribution in [0.15, 0.2) is 18.2 Å². The van der Waals surface area contributed by atoms with Gasteiger partial charge in [0.15, 0.2) is 0 Å². The molecular formula is C11H14N2O. The van der Waals surface area contributed by atoms with Crippen molar-refractivity contribution in [1.82, 2.24) is 10.3 Å². The molecule has 0 aliphatic heterocycles. The van der Waals surface area contributed by atoms with Crippen molar-refractivity contribution in [1.29, 1.82) is 0 Å². The normalized spacial score (nSPS) is 11.0. The van der Waals surface area contributed by atoms with E-state index < -0.39 is 0 Å². The zero-order chi connectivity index (χ0) is 10.1. The lowest BCUT2D eigenvalue weighted by atomic mass is 10.1. The number of aromatic amines is 1. The maximum atomic E-state index is 9.36. The highest BCUT2D eigenvalue weighted by atomic mass is 16.3. The van der Waals surface area contributed by atoms with Crippen molar-refractivity contribution < 1.29 is 5.11 Å². The second-order valence-corrected chi connectivity index (χ2v) is 3.49. The molecule has 14 heavy (non-hydrogen) atoms. The Bertz CT molecular complexity index is 460. The molecule has 0 aliphatic carbocycles. The minimum Gasteiger partial charge on any atom is -0.508 e. The van der Waals surface area contributed by atoms with E-state index in [0.717, 1.165) is 17.4 Å². The average Bonchev–Trinajstić information content (AvgIpc) is 2.46. The van der Waals surface area contributed by atoms with Crippen LogP contribution in [0.2, 0.25) is 0 Å². The molecule has 0 bridgehead atoms. The Hall–Kier alpha value is -1.48. The second-order valence-electron chi connectivity index (χ2n) is 3.49. The van der Waals surface area contributed by atoms with Crippen molar-refractivity contribution in [2.75, 3.05) is 7.05 Å². The fraction of sp³-hybridized carbons (Fsp3) is 0.273. The van der Waals surface area contributed by atoms with Gasteiger partial charge in [0.25, 0.3) is 0 Å². The molecule has 3 nitrogen and oxygen atoms in total. The third kappa shape index (κ3) is 1.36. The quantitative estimate of drug-likeness (QED) is 0.677. The van der Waals surface area contributed by atoms with E-state index in [2.05, 4.69) is 17.2 Å². The van der Waals surface area contributed by atoms with Gasteiger partial charge < -0.3 is 15.4 Å². The van der Waals surface area contributed by atoms with Gasteiger partial charge in [-0.15, -0.1) is 0 Å². The van der Waals surface area contributed by atoms with E-state index in [0.29, 0.717) is 5.75 Å². The summed E-state index contributed by atoms with van der Waals surface area (Å²) in [5, 5.41) is 13.6. The van der Waals surface area contributed by atoms with Gasteiger partial charge in [-0.05, 0) is 37.7 Å². The first kappa shape index (κ1) is 9.09. The van der Waals surface area contributed by atoms with E-state index in [1.54, 1.807) is 12.1 Å². The van der Waals surface area contributed by atoms with Crippen LogP contribution in [0.5, 0.6) is 5.75 Å². The summed E-state index contributed by atoms with van der Waals surface area (Å²) in [4.78, 5) is 3.32. The first-order valence-corrected chi connectivity index (χ1v) is 4.67. The molecule has 3 N–H and O–H groups in total. The molecule has 2 rings (SSSR count). The maximum Gasteiger partial charge on any atom is 0.116 e. The Morgan fingerprint density at radius 2 is 2.21 bits per heavy atom. The number of rotatable bonds is 2. The van der Waals surface area contributed by atoms with Crippen LogP contribution in [-0.4, -0.2) is 17.1 Å². The number of fused-ring (bicyclic) bond motifs is 1. The highest BCUT2D eigenvalue weighted by Crippen LogP contribution is 2.25. The van der Waals surface area contributed by atoms with Crippen molar-refractivity contribution >= 4 is 10.9 Å². The number of phenolic OH excluding ortho intramolecular Hbond substituents is 1. The fourth-order valence-electron chi connectivity index (χ4n) is 1.72. The minimum atomic E-state index is 0.315. The molecule has 0 amide bonds. The number of hydrogen-bond donors (Lipinski definition) is 3. The summed E-state index contributed by atoms with van der Waals surface area (Å²) in [6, 6.07) is 5.39. The third-order valence-corrected chi connectivity index (χ3v) is 2.50. The number of nitrogens with one attached hydrogen (secondary N) is 2. The molecule has 0 unspecified atom stereocenters. The molecule has 0 atom stereocenters. The molecule has 0 radical (unpaired) electrons.